The van der Waals surface area contributed by atoms with E-state index in [9.17, 15) is 0 Å². The third-order valence-electron chi connectivity index (χ3n) is 8.77. The van der Waals surface area contributed by atoms with Gasteiger partial charge in [0.1, 0.15) is 0 Å². The van der Waals surface area contributed by atoms with Crippen LogP contribution in [0.1, 0.15) is 55.6 Å². The molecule has 1 unspecified atom stereocenters. The fraction of sp³-hybridized carbons (Fsp3) is 0.600. The van der Waals surface area contributed by atoms with E-state index >= 15 is 0 Å². The van der Waals surface area contributed by atoms with E-state index < -0.39 is 0 Å². The van der Waals surface area contributed by atoms with Crippen LogP contribution < -0.4 is 0 Å². The maximum absolute atomic E-state index is 6.51. The molecule has 1 aromatic carbocycles. The molecule has 1 saturated carbocycles. The van der Waals surface area contributed by atoms with Gasteiger partial charge in [-0.2, -0.15) is 11.3 Å². The van der Waals surface area contributed by atoms with Crippen molar-refractivity contribution in [2.45, 2.75) is 57.1 Å². The molecule has 0 N–H and O–H groups in total. The van der Waals surface area contributed by atoms with Crippen molar-refractivity contribution in [3.05, 3.63) is 68.9 Å². The van der Waals surface area contributed by atoms with Crippen molar-refractivity contribution < 1.29 is 4.74 Å². The molecule has 0 bridgehead atoms. The van der Waals surface area contributed by atoms with Crippen molar-refractivity contribution in [1.82, 2.24) is 9.80 Å². The molecule has 1 aromatic heterocycles. The largest absolute Gasteiger partial charge is 0.374 e. The number of hydrogen-bond donors (Lipinski definition) is 0. The van der Waals surface area contributed by atoms with Crippen LogP contribution in [-0.4, -0.2) is 55.2 Å². The summed E-state index contributed by atoms with van der Waals surface area (Å²) < 4.78 is 6.21. The molecular formula is C30H40Cl2N2OS. The molecule has 2 aromatic rings. The lowest BCUT2D eigenvalue weighted by Crippen LogP contribution is -2.40. The summed E-state index contributed by atoms with van der Waals surface area (Å²) in [4.78, 5) is 5.33. The number of piperidine rings is 1. The summed E-state index contributed by atoms with van der Waals surface area (Å²) in [5.41, 5.74) is 2.68. The second kappa shape index (κ2) is 12.8. The molecule has 3 nitrogen and oxygen atoms in total. The zero-order chi connectivity index (χ0) is 24.9. The Morgan fingerprint density at radius 2 is 1.92 bits per heavy atom. The van der Waals surface area contributed by atoms with Gasteiger partial charge in [-0.15, -0.1) is 6.58 Å². The Bertz CT molecular complexity index is 971. The first-order valence-corrected chi connectivity index (χ1v) is 15.4. The van der Waals surface area contributed by atoms with Crippen molar-refractivity contribution in [2.24, 2.45) is 17.8 Å². The molecule has 1 aliphatic carbocycles. The van der Waals surface area contributed by atoms with Crippen molar-refractivity contribution in [1.29, 1.82) is 0 Å². The molecule has 6 heteroatoms. The Morgan fingerprint density at radius 3 is 2.58 bits per heavy atom. The Labute approximate surface area is 231 Å². The zero-order valence-corrected chi connectivity index (χ0v) is 23.6. The number of rotatable bonds is 11. The van der Waals surface area contributed by atoms with E-state index in [0.29, 0.717) is 29.6 Å². The quantitative estimate of drug-likeness (QED) is 0.268. The Kier molecular flexibility index (Phi) is 9.48. The highest BCUT2D eigenvalue weighted by Gasteiger charge is 2.36. The predicted molar refractivity (Wildman–Crippen MR) is 153 cm³/mol. The second-order valence-electron chi connectivity index (χ2n) is 11.2. The van der Waals surface area contributed by atoms with Crippen LogP contribution in [0.4, 0.5) is 0 Å². The van der Waals surface area contributed by atoms with Crippen LogP contribution in [0, 0.1) is 17.8 Å². The standard InChI is InChI=1S/C30H40Cl2N2OS/c1-2-13-35-30(23-4-3-5-23)15-22-8-11-33(12-9-22)18-26-19-34(20-28(26)25-10-14-36-21-25)17-24-6-7-27(31)16-29(24)32/h2,6-7,10,14,16,21-23,26,28,30H,1,3-5,8-9,11-13,15,17-20H2/t26-,28+,30?/m0/s1. The van der Waals surface area contributed by atoms with Gasteiger partial charge in [-0.1, -0.05) is 41.8 Å². The van der Waals surface area contributed by atoms with Gasteiger partial charge in [0.25, 0.3) is 0 Å². The summed E-state index contributed by atoms with van der Waals surface area (Å²) in [7, 11) is 0. The summed E-state index contributed by atoms with van der Waals surface area (Å²) in [5.74, 6) is 2.83. The van der Waals surface area contributed by atoms with E-state index in [4.69, 9.17) is 27.9 Å². The summed E-state index contributed by atoms with van der Waals surface area (Å²) in [6.07, 6.45) is 10.3. The Morgan fingerprint density at radius 1 is 1.08 bits per heavy atom. The van der Waals surface area contributed by atoms with Crippen LogP contribution in [0.5, 0.6) is 0 Å². The highest BCUT2D eigenvalue weighted by Crippen LogP contribution is 2.38. The fourth-order valence-electron chi connectivity index (χ4n) is 6.49. The average Bonchev–Trinajstić information content (AvgIpc) is 3.49. The van der Waals surface area contributed by atoms with Gasteiger partial charge in [-0.25, -0.2) is 0 Å². The first-order valence-electron chi connectivity index (χ1n) is 13.7. The summed E-state index contributed by atoms with van der Waals surface area (Å²) in [5, 5.41) is 6.06. The van der Waals surface area contributed by atoms with Gasteiger partial charge >= 0.3 is 0 Å². The number of benzene rings is 1. The van der Waals surface area contributed by atoms with Gasteiger partial charge in [0.05, 0.1) is 12.7 Å². The van der Waals surface area contributed by atoms with E-state index in [-0.39, 0.29) is 0 Å². The molecule has 2 aliphatic heterocycles. The van der Waals surface area contributed by atoms with Gasteiger partial charge in [0, 0.05) is 42.1 Å². The number of nitrogens with zero attached hydrogens (tertiary/aromatic N) is 2. The van der Waals surface area contributed by atoms with Gasteiger partial charge in [0.15, 0.2) is 0 Å². The highest BCUT2D eigenvalue weighted by molar-refractivity contribution is 7.08. The molecule has 0 spiro atoms. The van der Waals surface area contributed by atoms with E-state index in [1.54, 1.807) is 0 Å². The maximum Gasteiger partial charge on any atom is 0.0648 e. The highest BCUT2D eigenvalue weighted by atomic mass is 35.5. The van der Waals surface area contributed by atoms with Crippen LogP contribution in [0.15, 0.2) is 47.7 Å². The molecular weight excluding hydrogens is 507 g/mol. The SMILES string of the molecule is C=CCOC(CC1CCN(C[C@H]2CN(Cc3ccc(Cl)cc3Cl)C[C@@H]2c2ccsc2)CC1)C1CCC1. The topological polar surface area (TPSA) is 15.7 Å². The minimum absolute atomic E-state index is 0.444. The van der Waals surface area contributed by atoms with Crippen LogP contribution in [0.25, 0.3) is 0 Å². The van der Waals surface area contributed by atoms with Crippen molar-refractivity contribution >= 4 is 34.5 Å². The van der Waals surface area contributed by atoms with E-state index in [1.165, 1.54) is 69.3 Å². The van der Waals surface area contributed by atoms with Crippen LogP contribution in [-0.2, 0) is 11.3 Å². The summed E-state index contributed by atoms with van der Waals surface area (Å²) in [6, 6.07) is 8.23. The fourth-order valence-corrected chi connectivity index (χ4v) is 7.69. The molecule has 36 heavy (non-hydrogen) atoms. The second-order valence-corrected chi connectivity index (χ2v) is 12.8. The summed E-state index contributed by atoms with van der Waals surface area (Å²) in [6.45, 7) is 11.3. The lowest BCUT2D eigenvalue weighted by Gasteiger charge is -2.39. The zero-order valence-electron chi connectivity index (χ0n) is 21.3. The van der Waals surface area contributed by atoms with Gasteiger partial charge < -0.3 is 9.64 Å². The number of ether oxygens (including phenoxy) is 1. The number of thiophene rings is 1. The van der Waals surface area contributed by atoms with Crippen molar-refractivity contribution in [3.8, 4) is 0 Å². The Hall–Kier alpha value is -0.880. The molecule has 3 aliphatic rings. The smallest absolute Gasteiger partial charge is 0.0648 e. The molecule has 0 radical (unpaired) electrons. The maximum atomic E-state index is 6.51. The van der Waals surface area contributed by atoms with Crippen molar-refractivity contribution in [3.63, 3.8) is 0 Å². The van der Waals surface area contributed by atoms with Crippen LogP contribution in [0.3, 0.4) is 0 Å². The third kappa shape index (κ3) is 6.76. The van der Waals surface area contributed by atoms with E-state index in [2.05, 4.69) is 39.3 Å². The van der Waals surface area contributed by atoms with E-state index in [0.717, 1.165) is 36.5 Å². The molecule has 2 saturated heterocycles. The molecule has 196 valence electrons. The van der Waals surface area contributed by atoms with Crippen molar-refractivity contribution in [2.75, 3.05) is 39.3 Å². The predicted octanol–water partition coefficient (Wildman–Crippen LogP) is 7.74. The van der Waals surface area contributed by atoms with Crippen LogP contribution in [0.2, 0.25) is 10.0 Å². The minimum Gasteiger partial charge on any atom is -0.374 e. The molecule has 3 heterocycles. The number of likely N-dealkylation sites (tertiary alicyclic amines) is 2. The van der Waals surface area contributed by atoms with E-state index in [1.807, 2.05) is 29.5 Å². The first-order chi connectivity index (χ1) is 17.6. The molecule has 3 fully saturated rings. The molecule has 0 amide bonds. The van der Waals surface area contributed by atoms with Crippen LogP contribution >= 0.6 is 34.5 Å². The lowest BCUT2D eigenvalue weighted by atomic mass is 9.76. The monoisotopic (exact) mass is 546 g/mol. The lowest BCUT2D eigenvalue weighted by molar-refractivity contribution is -0.0210. The first kappa shape index (κ1) is 26.7. The number of hydrogen-bond acceptors (Lipinski definition) is 4. The Balaban J connectivity index is 1.16. The molecule has 3 atom stereocenters. The van der Waals surface area contributed by atoms with Gasteiger partial charge in [0.2, 0.25) is 0 Å². The average molecular weight is 548 g/mol. The minimum atomic E-state index is 0.444. The van der Waals surface area contributed by atoms with Gasteiger partial charge in [-0.3, -0.25) is 4.90 Å². The van der Waals surface area contributed by atoms with Gasteiger partial charge in [-0.05, 0) is 103 Å². The normalized spacial score (nSPS) is 25.2. The number of halogens is 2. The third-order valence-corrected chi connectivity index (χ3v) is 10.1. The summed E-state index contributed by atoms with van der Waals surface area (Å²) >= 11 is 14.5. The molecule has 5 rings (SSSR count).